The maximum atomic E-state index is 11.9. The lowest BCUT2D eigenvalue weighted by molar-refractivity contribution is -0.0103. The molecule has 1 aromatic carbocycles. The van der Waals surface area contributed by atoms with Gasteiger partial charge in [0.15, 0.2) is 0 Å². The van der Waals surface area contributed by atoms with E-state index in [1.165, 1.54) is 12.1 Å². The van der Waals surface area contributed by atoms with E-state index in [1.54, 1.807) is 12.1 Å². The summed E-state index contributed by atoms with van der Waals surface area (Å²) in [7, 11) is -3.93. The number of carbonyl (C=O) groups excluding carboxylic acids is 2. The van der Waals surface area contributed by atoms with Gasteiger partial charge in [0.1, 0.15) is 0 Å². The van der Waals surface area contributed by atoms with Crippen LogP contribution in [0.25, 0.3) is 0 Å². The van der Waals surface area contributed by atoms with Gasteiger partial charge in [-0.1, -0.05) is 25.5 Å². The molecule has 1 aliphatic rings. The van der Waals surface area contributed by atoms with Gasteiger partial charge in [-0.05, 0) is 18.6 Å². The number of benzene rings is 1. The average Bonchev–Trinajstić information content (AvgIpc) is 2.62. The number of imide groups is 1. The zero-order valence-electron chi connectivity index (χ0n) is 10.3. The molecule has 0 saturated carbocycles. The second-order valence-corrected chi connectivity index (χ2v) is 5.81. The van der Waals surface area contributed by atoms with Gasteiger partial charge in [0.05, 0.1) is 16.9 Å². The van der Waals surface area contributed by atoms with Crippen LogP contribution in [0, 0.1) is 0 Å². The lowest BCUT2D eigenvalue weighted by atomic mass is 10.1. The number of nitrogens with zero attached hydrogens (tertiary/aromatic N) is 1. The van der Waals surface area contributed by atoms with Crippen molar-refractivity contribution in [1.82, 2.24) is 5.06 Å². The van der Waals surface area contributed by atoms with Gasteiger partial charge in [-0.15, -0.1) is 9.35 Å². The minimum atomic E-state index is -3.93. The highest BCUT2D eigenvalue weighted by Gasteiger charge is 2.39. The van der Waals surface area contributed by atoms with Gasteiger partial charge in [-0.3, -0.25) is 9.59 Å². The van der Waals surface area contributed by atoms with Crippen LogP contribution >= 0.6 is 0 Å². The molecule has 1 heterocycles. The zero-order chi connectivity index (χ0) is 14.0. The van der Waals surface area contributed by atoms with E-state index in [0.717, 1.165) is 0 Å². The third-order valence-electron chi connectivity index (χ3n) is 2.69. The summed E-state index contributed by atoms with van der Waals surface area (Å²) in [5.41, 5.74) is 0.302. The largest absolute Gasteiger partial charge is 0.288 e. The van der Waals surface area contributed by atoms with Crippen molar-refractivity contribution in [3.63, 3.8) is 0 Å². The van der Waals surface area contributed by atoms with Gasteiger partial charge in [0, 0.05) is 0 Å². The third-order valence-corrected chi connectivity index (χ3v) is 3.86. The highest BCUT2D eigenvalue weighted by Crippen LogP contribution is 2.23. The van der Waals surface area contributed by atoms with Crippen molar-refractivity contribution in [2.24, 2.45) is 0 Å². The molecule has 0 bridgehead atoms. The minimum absolute atomic E-state index is 0.151. The Bertz CT molecular complexity index is 588. The summed E-state index contributed by atoms with van der Waals surface area (Å²) < 4.78 is 27.9. The Morgan fingerprint density at radius 3 is 2.11 bits per heavy atom. The smallest absolute Gasteiger partial charge is 0.266 e. The van der Waals surface area contributed by atoms with Crippen LogP contribution < -0.4 is 0 Å². The lowest BCUT2D eigenvalue weighted by Gasteiger charge is -2.12. The van der Waals surface area contributed by atoms with Crippen molar-refractivity contribution in [2.75, 3.05) is 5.75 Å². The SMILES string of the molecule is CCCCS(=O)(=O)ON1C(=O)c2ccccc2C1=O. The molecule has 2 rings (SSSR count). The molecule has 7 heteroatoms. The van der Waals surface area contributed by atoms with E-state index in [0.29, 0.717) is 17.9 Å². The number of carbonyl (C=O) groups is 2. The monoisotopic (exact) mass is 283 g/mol. The van der Waals surface area contributed by atoms with Crippen molar-refractivity contribution >= 4 is 21.9 Å². The zero-order valence-corrected chi connectivity index (χ0v) is 11.1. The second-order valence-electron chi connectivity index (χ2n) is 4.14. The molecule has 0 saturated heterocycles. The highest BCUT2D eigenvalue weighted by atomic mass is 32.2. The number of rotatable bonds is 5. The molecule has 102 valence electrons. The van der Waals surface area contributed by atoms with Gasteiger partial charge in [0.2, 0.25) is 0 Å². The van der Waals surface area contributed by atoms with Gasteiger partial charge >= 0.3 is 0 Å². The van der Waals surface area contributed by atoms with E-state index in [1.807, 2.05) is 6.92 Å². The van der Waals surface area contributed by atoms with Crippen LogP contribution in [0.1, 0.15) is 40.5 Å². The van der Waals surface area contributed by atoms with Gasteiger partial charge in [-0.2, -0.15) is 8.42 Å². The van der Waals surface area contributed by atoms with E-state index in [9.17, 15) is 18.0 Å². The Morgan fingerprint density at radius 1 is 1.11 bits per heavy atom. The Labute approximate surface area is 111 Å². The molecule has 1 aliphatic heterocycles. The molecular formula is C12H13NO5S. The molecule has 0 aromatic heterocycles. The molecule has 0 unspecified atom stereocenters. The van der Waals surface area contributed by atoms with E-state index < -0.39 is 21.9 Å². The first kappa shape index (κ1) is 13.7. The predicted molar refractivity (Wildman–Crippen MR) is 66.7 cm³/mol. The van der Waals surface area contributed by atoms with E-state index in [2.05, 4.69) is 4.28 Å². The lowest BCUT2D eigenvalue weighted by Crippen LogP contribution is -2.33. The molecule has 1 aromatic rings. The van der Waals surface area contributed by atoms with E-state index in [-0.39, 0.29) is 16.9 Å². The number of amides is 2. The first-order valence-electron chi connectivity index (χ1n) is 5.86. The number of hydrogen-bond acceptors (Lipinski definition) is 5. The topological polar surface area (TPSA) is 80.8 Å². The summed E-state index contributed by atoms with van der Waals surface area (Å²) in [5.74, 6) is -1.72. The molecule has 0 N–H and O–H groups in total. The van der Waals surface area contributed by atoms with Crippen molar-refractivity contribution in [1.29, 1.82) is 0 Å². The summed E-state index contributed by atoms with van der Waals surface area (Å²) in [5, 5.41) is 0.315. The van der Waals surface area contributed by atoms with E-state index in [4.69, 9.17) is 0 Å². The van der Waals surface area contributed by atoms with Crippen LogP contribution in [0.2, 0.25) is 0 Å². The van der Waals surface area contributed by atoms with Crippen LogP contribution in [-0.4, -0.2) is 31.0 Å². The van der Waals surface area contributed by atoms with Gasteiger partial charge < -0.3 is 0 Å². The Balaban J connectivity index is 2.21. The predicted octanol–water partition coefficient (Wildman–Crippen LogP) is 1.34. The summed E-state index contributed by atoms with van der Waals surface area (Å²) in [4.78, 5) is 23.7. The second kappa shape index (κ2) is 5.10. The first-order chi connectivity index (χ1) is 8.96. The summed E-state index contributed by atoms with van der Waals surface area (Å²) in [6.45, 7) is 1.83. The molecule has 19 heavy (non-hydrogen) atoms. The molecule has 0 spiro atoms. The Kier molecular flexibility index (Phi) is 3.68. The van der Waals surface area contributed by atoms with Crippen molar-refractivity contribution in [2.45, 2.75) is 19.8 Å². The van der Waals surface area contributed by atoms with Crippen molar-refractivity contribution < 1.29 is 22.3 Å². The molecule has 0 aliphatic carbocycles. The fourth-order valence-electron chi connectivity index (χ4n) is 1.71. The number of hydrogen-bond donors (Lipinski definition) is 0. The maximum absolute atomic E-state index is 11.9. The van der Waals surface area contributed by atoms with Crippen LogP contribution in [0.5, 0.6) is 0 Å². The molecule has 6 nitrogen and oxygen atoms in total. The number of hydroxylamine groups is 2. The number of fused-ring (bicyclic) bond motifs is 1. The molecule has 0 radical (unpaired) electrons. The van der Waals surface area contributed by atoms with Gasteiger partial charge in [0.25, 0.3) is 21.9 Å². The van der Waals surface area contributed by atoms with Crippen LogP contribution in [0.4, 0.5) is 0 Å². The first-order valence-corrected chi connectivity index (χ1v) is 7.44. The normalized spacial score (nSPS) is 14.9. The van der Waals surface area contributed by atoms with Crippen molar-refractivity contribution in [3.8, 4) is 0 Å². The van der Waals surface area contributed by atoms with E-state index >= 15 is 0 Å². The van der Waals surface area contributed by atoms with Gasteiger partial charge in [-0.25, -0.2) is 0 Å². The Morgan fingerprint density at radius 2 is 1.63 bits per heavy atom. The molecule has 0 fully saturated rings. The minimum Gasteiger partial charge on any atom is -0.266 e. The standard InChI is InChI=1S/C12H13NO5S/c1-2-3-8-19(16,17)18-13-11(14)9-6-4-5-7-10(9)12(13)15/h4-7H,2-3,8H2,1H3. The van der Waals surface area contributed by atoms with Crippen LogP contribution in [-0.2, 0) is 14.4 Å². The van der Waals surface area contributed by atoms with Crippen molar-refractivity contribution in [3.05, 3.63) is 35.4 Å². The Hall–Kier alpha value is -1.73. The fourth-order valence-corrected chi connectivity index (χ4v) is 2.79. The quantitative estimate of drug-likeness (QED) is 0.762. The molecule has 2 amide bonds. The summed E-state index contributed by atoms with van der Waals surface area (Å²) in [6, 6.07) is 6.10. The summed E-state index contributed by atoms with van der Waals surface area (Å²) >= 11 is 0. The third kappa shape index (κ3) is 2.66. The highest BCUT2D eigenvalue weighted by molar-refractivity contribution is 7.86. The molecular weight excluding hydrogens is 270 g/mol. The van der Waals surface area contributed by atoms with Crippen LogP contribution in [0.15, 0.2) is 24.3 Å². The summed E-state index contributed by atoms with van der Waals surface area (Å²) in [6.07, 6.45) is 1.08. The fraction of sp³-hybridized carbons (Fsp3) is 0.333. The molecule has 0 atom stereocenters. The number of unbranched alkanes of at least 4 members (excludes halogenated alkanes) is 1. The van der Waals surface area contributed by atoms with Crippen LogP contribution in [0.3, 0.4) is 0 Å². The average molecular weight is 283 g/mol. The maximum Gasteiger partial charge on any atom is 0.288 e.